The van der Waals surface area contributed by atoms with Crippen LogP contribution in [-0.4, -0.2) is 38.5 Å². The molecule has 7 nitrogen and oxygen atoms in total. The van der Waals surface area contributed by atoms with Gasteiger partial charge in [0.05, 0.1) is 24.8 Å². The van der Waals surface area contributed by atoms with Crippen molar-refractivity contribution in [2.24, 2.45) is 0 Å². The molecule has 0 saturated carbocycles. The minimum absolute atomic E-state index is 0.0435. The monoisotopic (exact) mass is 515 g/mol. The van der Waals surface area contributed by atoms with Gasteiger partial charge in [-0.15, -0.1) is 0 Å². The summed E-state index contributed by atoms with van der Waals surface area (Å²) in [6.07, 6.45) is -5.40. The normalized spacial score (nSPS) is 11.9. The molecule has 1 heterocycles. The van der Waals surface area contributed by atoms with Gasteiger partial charge in [-0.1, -0.05) is 41.4 Å². The summed E-state index contributed by atoms with van der Waals surface area (Å²) in [6, 6.07) is 10.2. The smallest absolute Gasteiger partial charge is 0.433 e. The van der Waals surface area contributed by atoms with Gasteiger partial charge < -0.3 is 9.47 Å². The van der Waals surface area contributed by atoms with Crippen LogP contribution in [0.1, 0.15) is 32.0 Å². The molecule has 0 radical (unpaired) electrons. The van der Waals surface area contributed by atoms with Gasteiger partial charge in [0.25, 0.3) is 10.0 Å². The van der Waals surface area contributed by atoms with E-state index in [1.165, 1.54) is 30.3 Å². The first-order chi connectivity index (χ1) is 15.8. The van der Waals surface area contributed by atoms with Crippen molar-refractivity contribution in [3.05, 3.63) is 75.9 Å². The van der Waals surface area contributed by atoms with Crippen LogP contribution in [-0.2, 0) is 25.7 Å². The molecule has 180 valence electrons. The van der Waals surface area contributed by atoms with E-state index in [-0.39, 0.29) is 14.6 Å². The number of benzene rings is 2. The van der Waals surface area contributed by atoms with Crippen molar-refractivity contribution in [1.82, 2.24) is 3.97 Å². The van der Waals surface area contributed by atoms with Crippen molar-refractivity contribution in [2.75, 3.05) is 14.2 Å². The van der Waals surface area contributed by atoms with Crippen LogP contribution in [0.15, 0.2) is 53.4 Å². The van der Waals surface area contributed by atoms with Gasteiger partial charge in [0.15, 0.2) is 5.69 Å². The van der Waals surface area contributed by atoms with E-state index < -0.39 is 55.5 Å². The Kier molecular flexibility index (Phi) is 6.81. The van der Waals surface area contributed by atoms with Crippen molar-refractivity contribution >= 4 is 33.6 Å². The third kappa shape index (κ3) is 4.40. The molecular weight excluding hydrogens is 499 g/mol. The Balaban J connectivity index is 2.65. The molecule has 0 N–H and O–H groups in total. The third-order valence-electron chi connectivity index (χ3n) is 4.83. The number of carbonyl (C=O) groups is 2. The second-order valence-electron chi connectivity index (χ2n) is 7.02. The molecular formula is C22H17ClF3NO6S. The zero-order valence-electron chi connectivity index (χ0n) is 17.9. The van der Waals surface area contributed by atoms with Crippen molar-refractivity contribution < 1.29 is 40.7 Å². The number of carbonyl (C=O) groups excluding carboxylic acids is 2. The minimum Gasteiger partial charge on any atom is -0.465 e. The van der Waals surface area contributed by atoms with Crippen LogP contribution in [0.4, 0.5) is 13.2 Å². The number of methoxy groups -OCH3 is 2. The molecule has 12 heteroatoms. The van der Waals surface area contributed by atoms with Crippen molar-refractivity contribution in [3.8, 4) is 11.3 Å². The lowest BCUT2D eigenvalue weighted by Crippen LogP contribution is -2.24. The summed E-state index contributed by atoms with van der Waals surface area (Å²) in [5, 5.41) is 0.0435. The molecule has 34 heavy (non-hydrogen) atoms. The van der Waals surface area contributed by atoms with Crippen LogP contribution in [0, 0.1) is 6.92 Å². The van der Waals surface area contributed by atoms with E-state index in [4.69, 9.17) is 11.6 Å². The Morgan fingerprint density at radius 2 is 1.50 bits per heavy atom. The number of ether oxygens (including phenoxy) is 2. The van der Waals surface area contributed by atoms with Gasteiger partial charge >= 0.3 is 18.1 Å². The van der Waals surface area contributed by atoms with Crippen LogP contribution in [0.2, 0.25) is 5.02 Å². The summed E-state index contributed by atoms with van der Waals surface area (Å²) in [4.78, 5) is 24.7. The summed E-state index contributed by atoms with van der Waals surface area (Å²) in [5.74, 6) is -2.95. The number of halogens is 4. The highest BCUT2D eigenvalue weighted by Crippen LogP contribution is 2.43. The first-order valence-corrected chi connectivity index (χ1v) is 11.3. The first-order valence-electron chi connectivity index (χ1n) is 9.45. The zero-order valence-corrected chi connectivity index (χ0v) is 19.5. The van der Waals surface area contributed by atoms with Crippen LogP contribution >= 0.6 is 11.6 Å². The standard InChI is InChI=1S/C22H17ClF3NO6S/c1-12-7-9-15(10-8-12)34(30,31)27-18(13-5-4-6-14(23)11-13)16(20(28)32-2)17(21(29)33-3)19(27)22(24,25)26/h4-11H,1-3H3. The van der Waals surface area contributed by atoms with E-state index in [0.717, 1.165) is 32.4 Å². The van der Waals surface area contributed by atoms with E-state index in [2.05, 4.69) is 9.47 Å². The molecule has 0 aliphatic rings. The Hall–Kier alpha value is -3.31. The van der Waals surface area contributed by atoms with E-state index in [1.54, 1.807) is 6.92 Å². The minimum atomic E-state index is -5.40. The fourth-order valence-corrected chi connectivity index (χ4v) is 5.12. The fourth-order valence-electron chi connectivity index (χ4n) is 3.36. The van der Waals surface area contributed by atoms with Crippen LogP contribution in [0.25, 0.3) is 11.3 Å². The Labute approximate surface area is 197 Å². The van der Waals surface area contributed by atoms with Gasteiger partial charge in [-0.05, 0) is 31.2 Å². The highest BCUT2D eigenvalue weighted by Gasteiger charge is 2.48. The van der Waals surface area contributed by atoms with Crippen molar-refractivity contribution in [1.29, 1.82) is 0 Å². The number of nitrogens with zero attached hydrogens (tertiary/aromatic N) is 1. The molecule has 0 aliphatic carbocycles. The van der Waals surface area contributed by atoms with Gasteiger partial charge in [-0.2, -0.15) is 13.2 Å². The number of hydrogen-bond donors (Lipinski definition) is 0. The summed E-state index contributed by atoms with van der Waals surface area (Å²) >= 11 is 6.00. The molecule has 3 aromatic rings. The van der Waals surface area contributed by atoms with Crippen molar-refractivity contribution in [2.45, 2.75) is 18.0 Å². The van der Waals surface area contributed by atoms with Gasteiger partial charge in [-0.3, -0.25) is 0 Å². The molecule has 0 unspecified atom stereocenters. The second kappa shape index (κ2) is 9.15. The lowest BCUT2D eigenvalue weighted by atomic mass is 10.0. The number of aromatic nitrogens is 1. The Morgan fingerprint density at radius 3 is 2.00 bits per heavy atom. The van der Waals surface area contributed by atoms with Gasteiger partial charge in [0.2, 0.25) is 0 Å². The topological polar surface area (TPSA) is 91.7 Å². The van der Waals surface area contributed by atoms with Crippen LogP contribution in [0.3, 0.4) is 0 Å². The third-order valence-corrected chi connectivity index (χ3v) is 6.78. The lowest BCUT2D eigenvalue weighted by molar-refractivity contribution is -0.142. The highest BCUT2D eigenvalue weighted by molar-refractivity contribution is 7.90. The number of hydrogen-bond acceptors (Lipinski definition) is 6. The SMILES string of the molecule is COC(=O)c1c(C(=O)OC)c(C(F)(F)F)n(S(=O)(=O)c2ccc(C)cc2)c1-c1cccc(Cl)c1. The molecule has 0 aliphatic heterocycles. The molecule has 2 aromatic carbocycles. The average molecular weight is 516 g/mol. The quantitative estimate of drug-likeness (QED) is 0.447. The van der Waals surface area contributed by atoms with E-state index in [9.17, 15) is 31.2 Å². The van der Waals surface area contributed by atoms with E-state index in [1.807, 2.05) is 0 Å². The Bertz CT molecular complexity index is 1380. The predicted molar refractivity (Wildman–Crippen MR) is 116 cm³/mol. The maximum Gasteiger partial charge on any atom is 0.433 e. The first kappa shape index (κ1) is 25.3. The molecule has 0 spiro atoms. The van der Waals surface area contributed by atoms with Gasteiger partial charge in [0.1, 0.15) is 11.1 Å². The molecule has 1 aromatic heterocycles. The molecule has 0 bridgehead atoms. The molecule has 0 saturated heterocycles. The van der Waals surface area contributed by atoms with E-state index in [0.29, 0.717) is 5.56 Å². The highest BCUT2D eigenvalue weighted by atomic mass is 35.5. The summed E-state index contributed by atoms with van der Waals surface area (Å²) < 4.78 is 79.4. The van der Waals surface area contributed by atoms with Crippen LogP contribution in [0.5, 0.6) is 0 Å². The Morgan fingerprint density at radius 1 is 0.941 bits per heavy atom. The molecule has 3 rings (SSSR count). The maximum absolute atomic E-state index is 14.4. The number of esters is 2. The average Bonchev–Trinajstić information content (AvgIpc) is 3.16. The van der Waals surface area contributed by atoms with Crippen molar-refractivity contribution in [3.63, 3.8) is 0 Å². The fraction of sp³-hybridized carbons (Fsp3) is 0.182. The summed E-state index contributed by atoms with van der Waals surface area (Å²) in [5.41, 5.74) is -4.41. The lowest BCUT2D eigenvalue weighted by Gasteiger charge is -2.17. The van der Waals surface area contributed by atoms with E-state index >= 15 is 0 Å². The second-order valence-corrected chi connectivity index (χ2v) is 9.24. The molecule has 0 amide bonds. The number of rotatable bonds is 5. The summed E-state index contributed by atoms with van der Waals surface area (Å²) in [6.45, 7) is 1.66. The van der Waals surface area contributed by atoms with Gasteiger partial charge in [0, 0.05) is 10.6 Å². The largest absolute Gasteiger partial charge is 0.465 e. The maximum atomic E-state index is 14.4. The summed E-state index contributed by atoms with van der Waals surface area (Å²) in [7, 11) is -3.33. The van der Waals surface area contributed by atoms with Gasteiger partial charge in [-0.25, -0.2) is 22.0 Å². The van der Waals surface area contributed by atoms with Crippen LogP contribution < -0.4 is 0 Å². The number of aryl methyl sites for hydroxylation is 1. The zero-order chi connectivity index (χ0) is 25.4. The molecule has 0 fully saturated rings. The number of alkyl halides is 3. The molecule has 0 atom stereocenters. The predicted octanol–water partition coefficient (Wildman–Crippen LogP) is 4.95.